The van der Waals surface area contributed by atoms with Gasteiger partial charge < -0.3 is 10.1 Å². The van der Waals surface area contributed by atoms with Gasteiger partial charge in [-0.05, 0) is 18.2 Å². The number of hydrogen-bond acceptors (Lipinski definition) is 4. The maximum atomic E-state index is 11.9. The van der Waals surface area contributed by atoms with Crippen molar-refractivity contribution in [1.29, 1.82) is 0 Å². The highest BCUT2D eigenvalue weighted by atomic mass is 16.3. The minimum atomic E-state index is -2.04. The Morgan fingerprint density at radius 1 is 1.38 bits per heavy atom. The lowest BCUT2D eigenvalue weighted by Gasteiger charge is -2.27. The van der Waals surface area contributed by atoms with Gasteiger partial charge in [0.2, 0.25) is 11.5 Å². The number of pyridine rings is 1. The maximum absolute atomic E-state index is 11.9. The van der Waals surface area contributed by atoms with Gasteiger partial charge in [0.25, 0.3) is 0 Å². The lowest BCUT2D eigenvalue weighted by atomic mass is 9.87. The van der Waals surface area contributed by atoms with Crippen LogP contribution in [-0.4, -0.2) is 20.9 Å². The topological polar surface area (TPSA) is 92.0 Å². The lowest BCUT2D eigenvalue weighted by Crippen LogP contribution is -2.47. The summed E-state index contributed by atoms with van der Waals surface area (Å²) in [5.41, 5.74) is 5.50. The van der Waals surface area contributed by atoms with E-state index in [2.05, 4.69) is 9.97 Å². The number of aromatic amines is 1. The van der Waals surface area contributed by atoms with Gasteiger partial charge in [-0.25, -0.2) is 0 Å². The van der Waals surface area contributed by atoms with E-state index < -0.39 is 11.5 Å². The molecule has 1 unspecified atom stereocenters. The Balaban J connectivity index is 2.41. The molecule has 0 saturated heterocycles. The number of aromatic nitrogens is 2. The molecule has 4 N–H and O–H groups in total. The summed E-state index contributed by atoms with van der Waals surface area (Å²) >= 11 is 0. The van der Waals surface area contributed by atoms with Crippen LogP contribution in [0, 0.1) is 0 Å². The van der Waals surface area contributed by atoms with Gasteiger partial charge in [0.15, 0.2) is 0 Å². The van der Waals surface area contributed by atoms with Crippen LogP contribution in [-0.2, 0) is 5.72 Å². The molecular weight excluding hydrogens is 206 g/mol. The van der Waals surface area contributed by atoms with Crippen LogP contribution in [0.2, 0.25) is 0 Å². The van der Waals surface area contributed by atoms with Gasteiger partial charge in [-0.15, -0.1) is 0 Å². The normalized spacial score (nSPS) is 22.8. The molecule has 0 aromatic carbocycles. The molecule has 0 spiro atoms. The first-order valence-electron chi connectivity index (χ1n) is 4.81. The second-order valence-electron chi connectivity index (χ2n) is 3.76. The van der Waals surface area contributed by atoms with E-state index in [4.69, 9.17) is 5.73 Å². The molecule has 2 heterocycles. The van der Waals surface area contributed by atoms with Crippen molar-refractivity contribution < 1.29 is 9.90 Å². The van der Waals surface area contributed by atoms with Crippen LogP contribution < -0.4 is 5.73 Å². The van der Waals surface area contributed by atoms with E-state index in [-0.39, 0.29) is 5.69 Å². The number of fused-ring (bicyclic) bond motifs is 3. The number of hydrogen-bond donors (Lipinski definition) is 3. The number of aliphatic hydroxyl groups is 1. The summed E-state index contributed by atoms with van der Waals surface area (Å²) in [5, 5.41) is 10.0. The third-order valence-corrected chi connectivity index (χ3v) is 2.78. The third kappa shape index (κ3) is 0.959. The van der Waals surface area contributed by atoms with Gasteiger partial charge in [-0.1, -0.05) is 0 Å². The molecule has 0 bridgehead atoms. The quantitative estimate of drug-likeness (QED) is 0.554. The van der Waals surface area contributed by atoms with Crippen molar-refractivity contribution in [3.8, 4) is 11.3 Å². The average molecular weight is 215 g/mol. The Bertz CT molecular complexity index is 586. The Morgan fingerprint density at radius 3 is 3.00 bits per heavy atom. The number of nitrogens with zero attached hydrogens (tertiary/aromatic N) is 1. The molecule has 2 aromatic rings. The van der Waals surface area contributed by atoms with Crippen LogP contribution in [0.5, 0.6) is 0 Å². The Morgan fingerprint density at radius 2 is 2.19 bits per heavy atom. The Labute approximate surface area is 90.9 Å². The zero-order valence-corrected chi connectivity index (χ0v) is 8.27. The number of ketones is 1. The number of carbonyl (C=O) groups is 1. The summed E-state index contributed by atoms with van der Waals surface area (Å²) in [6.45, 7) is 0. The highest BCUT2D eigenvalue weighted by Crippen LogP contribution is 2.36. The minimum Gasteiger partial charge on any atom is -0.364 e. The van der Waals surface area contributed by atoms with Crippen LogP contribution in [0.25, 0.3) is 11.3 Å². The Kier molecular flexibility index (Phi) is 1.61. The molecule has 3 rings (SSSR count). The van der Waals surface area contributed by atoms with Crippen molar-refractivity contribution in [3.05, 3.63) is 41.9 Å². The summed E-state index contributed by atoms with van der Waals surface area (Å²) in [5.74, 6) is -0.532. The molecule has 0 amide bonds. The molecule has 2 aromatic heterocycles. The molecule has 5 heteroatoms. The number of rotatable bonds is 0. The van der Waals surface area contributed by atoms with Gasteiger partial charge >= 0.3 is 0 Å². The summed E-state index contributed by atoms with van der Waals surface area (Å²) < 4.78 is 0. The van der Waals surface area contributed by atoms with Crippen molar-refractivity contribution >= 4 is 5.78 Å². The molecular formula is C11H9N3O2. The number of H-pyrrole nitrogens is 1. The fourth-order valence-corrected chi connectivity index (χ4v) is 2.01. The highest BCUT2D eigenvalue weighted by Gasteiger charge is 2.43. The summed E-state index contributed by atoms with van der Waals surface area (Å²) in [6, 6.07) is 5.10. The molecule has 0 fully saturated rings. The lowest BCUT2D eigenvalue weighted by molar-refractivity contribution is 0.0304. The fourth-order valence-electron chi connectivity index (χ4n) is 2.01. The zero-order chi connectivity index (χ0) is 11.3. The van der Waals surface area contributed by atoms with Crippen molar-refractivity contribution in [2.45, 2.75) is 5.72 Å². The number of nitrogens with two attached hydrogens (primary N) is 1. The first-order chi connectivity index (χ1) is 7.62. The zero-order valence-electron chi connectivity index (χ0n) is 8.27. The van der Waals surface area contributed by atoms with Crippen molar-refractivity contribution in [1.82, 2.24) is 9.97 Å². The monoisotopic (exact) mass is 215 g/mol. The standard InChI is InChI=1S/C11H9N3O2/c12-11(16)9-6(2-1-4-14-9)8-7(10(11)15)3-5-13-8/h1-5,13,16H,12H2. The molecule has 0 radical (unpaired) electrons. The SMILES string of the molecule is NC1(O)C(=O)c2cc[nH]c2-c2cccnc21. The smallest absolute Gasteiger partial charge is 0.222 e. The van der Waals surface area contributed by atoms with Crippen molar-refractivity contribution in [3.63, 3.8) is 0 Å². The van der Waals surface area contributed by atoms with E-state index in [0.29, 0.717) is 16.8 Å². The third-order valence-electron chi connectivity index (χ3n) is 2.78. The van der Waals surface area contributed by atoms with E-state index in [9.17, 15) is 9.90 Å². The molecule has 1 atom stereocenters. The number of carbonyl (C=O) groups excluding carboxylic acids is 1. The summed E-state index contributed by atoms with van der Waals surface area (Å²) in [4.78, 5) is 18.9. The van der Waals surface area contributed by atoms with Gasteiger partial charge in [0, 0.05) is 23.5 Å². The predicted octanol–water partition coefficient (Wildman–Crippen LogP) is 0.377. The summed E-state index contributed by atoms with van der Waals surface area (Å²) in [7, 11) is 0. The van der Waals surface area contributed by atoms with E-state index in [0.717, 1.165) is 0 Å². The molecule has 5 nitrogen and oxygen atoms in total. The first kappa shape index (κ1) is 9.26. The molecule has 80 valence electrons. The van der Waals surface area contributed by atoms with Crippen LogP contribution in [0.15, 0.2) is 30.6 Å². The average Bonchev–Trinajstić information content (AvgIpc) is 2.75. The molecule has 1 aliphatic carbocycles. The molecule has 0 aliphatic heterocycles. The van der Waals surface area contributed by atoms with Gasteiger partial charge in [-0.2, -0.15) is 0 Å². The van der Waals surface area contributed by atoms with Crippen molar-refractivity contribution in [2.24, 2.45) is 5.73 Å². The van der Waals surface area contributed by atoms with Crippen LogP contribution >= 0.6 is 0 Å². The largest absolute Gasteiger partial charge is 0.364 e. The van der Waals surface area contributed by atoms with Crippen LogP contribution in [0.1, 0.15) is 16.1 Å². The van der Waals surface area contributed by atoms with Crippen molar-refractivity contribution in [2.75, 3.05) is 0 Å². The highest BCUT2D eigenvalue weighted by molar-refractivity contribution is 6.10. The minimum absolute atomic E-state index is 0.190. The van der Waals surface area contributed by atoms with Gasteiger partial charge in [-0.3, -0.25) is 15.5 Å². The van der Waals surface area contributed by atoms with Crippen LogP contribution in [0.4, 0.5) is 0 Å². The predicted molar refractivity (Wildman–Crippen MR) is 56.4 cm³/mol. The van der Waals surface area contributed by atoms with E-state index >= 15 is 0 Å². The maximum Gasteiger partial charge on any atom is 0.222 e. The van der Waals surface area contributed by atoms with Gasteiger partial charge in [0.1, 0.15) is 5.69 Å². The second kappa shape index (κ2) is 2.78. The molecule has 1 aliphatic rings. The number of Topliss-reactive ketones (excluding diaryl/α,β-unsaturated/α-hetero) is 1. The van der Waals surface area contributed by atoms with E-state index in [1.807, 2.05) is 0 Å². The second-order valence-corrected chi connectivity index (χ2v) is 3.76. The Hall–Kier alpha value is -1.98. The number of nitrogens with one attached hydrogen (secondary N) is 1. The molecule has 16 heavy (non-hydrogen) atoms. The van der Waals surface area contributed by atoms with E-state index in [1.54, 1.807) is 24.4 Å². The summed E-state index contributed by atoms with van der Waals surface area (Å²) in [6.07, 6.45) is 3.14. The fraction of sp³-hybridized carbons (Fsp3) is 0.0909. The van der Waals surface area contributed by atoms with Crippen LogP contribution in [0.3, 0.4) is 0 Å². The first-order valence-corrected chi connectivity index (χ1v) is 4.81. The van der Waals surface area contributed by atoms with Gasteiger partial charge in [0.05, 0.1) is 5.69 Å². The molecule has 0 saturated carbocycles. The van der Waals surface area contributed by atoms with E-state index in [1.165, 1.54) is 6.20 Å².